The molecule has 9 nitrogen and oxygen atoms in total. The van der Waals surface area contributed by atoms with Gasteiger partial charge >= 0.3 is 6.18 Å². The van der Waals surface area contributed by atoms with E-state index in [9.17, 15) is 22.8 Å². The van der Waals surface area contributed by atoms with Gasteiger partial charge in [0, 0.05) is 31.1 Å². The van der Waals surface area contributed by atoms with Gasteiger partial charge in [0.1, 0.15) is 11.2 Å². The van der Waals surface area contributed by atoms with Gasteiger partial charge in [0.05, 0.1) is 17.1 Å². The molecule has 252 valence electrons. The van der Waals surface area contributed by atoms with E-state index in [1.165, 1.54) is 12.8 Å². The zero-order valence-corrected chi connectivity index (χ0v) is 27.3. The quantitative estimate of drug-likeness (QED) is 0.245. The van der Waals surface area contributed by atoms with Gasteiger partial charge in [0.15, 0.2) is 5.82 Å². The lowest BCUT2D eigenvalue weighted by molar-refractivity contribution is -0.182. The standard InChI is InChI=1S/C34H41ClF3N7O2/c1-33(2,34(36,37)38)32-42-29(43-44-32)19-40-30(46)27-18-26(27)21-5-3-20(4-6-21)22-7-8-25(28(35)17-22)31(47)41-23-11-15-45(16-12-23)24-9-13-39-14-10-24/h3-8,17,23-24,26-27,39H,9-16,18-19H2,1-2H3,(H,40,46)(H,41,47)(H,42,43,44)/t26-,27+/m1/s1. The highest BCUT2D eigenvalue weighted by Crippen LogP contribution is 2.48. The maximum Gasteiger partial charge on any atom is 0.401 e. The van der Waals surface area contributed by atoms with Crippen LogP contribution in [0.15, 0.2) is 42.5 Å². The second kappa shape index (κ2) is 13.6. The van der Waals surface area contributed by atoms with E-state index in [0.29, 0.717) is 23.0 Å². The molecule has 0 spiro atoms. The van der Waals surface area contributed by atoms with E-state index in [4.69, 9.17) is 11.6 Å². The Morgan fingerprint density at radius 3 is 2.34 bits per heavy atom. The van der Waals surface area contributed by atoms with Crippen LogP contribution in [0.5, 0.6) is 0 Å². The highest BCUT2D eigenvalue weighted by Gasteiger charge is 2.51. The molecule has 0 unspecified atom stereocenters. The SMILES string of the molecule is CC(C)(c1n[nH]c(CNC(=O)[C@H]2C[C@@H]2c2ccc(-c3ccc(C(=O)NC4CCN(C5CCNCC5)CC4)c(Cl)c3)cc2)n1)C(F)(F)F. The van der Waals surface area contributed by atoms with Crippen LogP contribution in [0.2, 0.25) is 5.02 Å². The average molecular weight is 672 g/mol. The van der Waals surface area contributed by atoms with Crippen LogP contribution in [0.25, 0.3) is 11.1 Å². The minimum Gasteiger partial charge on any atom is -0.349 e. The Balaban J connectivity index is 0.982. The molecule has 0 bridgehead atoms. The van der Waals surface area contributed by atoms with Crippen molar-refractivity contribution in [3.63, 3.8) is 0 Å². The van der Waals surface area contributed by atoms with Crippen molar-refractivity contribution in [3.8, 4) is 11.1 Å². The first-order valence-electron chi connectivity index (χ1n) is 16.3. The van der Waals surface area contributed by atoms with Crippen LogP contribution in [-0.4, -0.2) is 76.3 Å². The summed E-state index contributed by atoms with van der Waals surface area (Å²) in [5.41, 5.74) is 1.11. The van der Waals surface area contributed by atoms with E-state index >= 15 is 0 Å². The van der Waals surface area contributed by atoms with E-state index in [2.05, 4.69) is 36.0 Å². The summed E-state index contributed by atoms with van der Waals surface area (Å²) in [7, 11) is 0. The number of rotatable bonds is 9. The molecule has 2 saturated heterocycles. The zero-order chi connectivity index (χ0) is 33.3. The number of halogens is 4. The lowest BCUT2D eigenvalue weighted by atomic mass is 9.92. The summed E-state index contributed by atoms with van der Waals surface area (Å²) in [6.07, 6.45) is 0.433. The lowest BCUT2D eigenvalue weighted by Crippen LogP contribution is -2.50. The summed E-state index contributed by atoms with van der Waals surface area (Å²) in [6, 6.07) is 14.2. The fourth-order valence-corrected chi connectivity index (χ4v) is 6.85. The molecule has 3 fully saturated rings. The number of piperidine rings is 2. The van der Waals surface area contributed by atoms with Crippen LogP contribution >= 0.6 is 11.6 Å². The maximum atomic E-state index is 13.3. The number of amides is 2. The minimum absolute atomic E-state index is 0.0333. The number of alkyl halides is 3. The van der Waals surface area contributed by atoms with Crippen molar-refractivity contribution in [2.45, 2.75) is 82.1 Å². The average Bonchev–Trinajstić information content (AvgIpc) is 3.72. The molecular weight excluding hydrogens is 631 g/mol. The molecule has 3 heterocycles. The molecule has 2 amide bonds. The third kappa shape index (κ3) is 7.49. The highest BCUT2D eigenvalue weighted by molar-refractivity contribution is 6.34. The number of aromatic nitrogens is 3. The van der Waals surface area contributed by atoms with Gasteiger partial charge in [-0.2, -0.15) is 18.3 Å². The molecule has 3 aliphatic rings. The van der Waals surface area contributed by atoms with Crippen LogP contribution in [0.3, 0.4) is 0 Å². The Hall–Kier alpha value is -3.48. The number of benzene rings is 2. The first-order valence-corrected chi connectivity index (χ1v) is 16.7. The van der Waals surface area contributed by atoms with Gasteiger partial charge in [-0.05, 0) is 93.8 Å². The molecule has 4 N–H and O–H groups in total. The van der Waals surface area contributed by atoms with Crippen molar-refractivity contribution in [1.82, 2.24) is 36.0 Å². The number of nitrogens with zero attached hydrogens (tertiary/aromatic N) is 3. The van der Waals surface area contributed by atoms with Crippen LogP contribution < -0.4 is 16.0 Å². The van der Waals surface area contributed by atoms with Gasteiger partial charge < -0.3 is 20.9 Å². The second-order valence-electron chi connectivity index (χ2n) is 13.5. The van der Waals surface area contributed by atoms with Gasteiger partial charge in [-0.1, -0.05) is 41.9 Å². The van der Waals surface area contributed by atoms with Crippen molar-refractivity contribution in [2.75, 3.05) is 26.2 Å². The molecular formula is C34H41ClF3N7O2. The summed E-state index contributed by atoms with van der Waals surface area (Å²) in [5, 5.41) is 16.0. The van der Waals surface area contributed by atoms with Crippen molar-refractivity contribution in [3.05, 3.63) is 70.3 Å². The van der Waals surface area contributed by atoms with Crippen LogP contribution in [0, 0.1) is 5.92 Å². The number of likely N-dealkylation sites (tertiary alicyclic amines) is 1. The number of hydrogen-bond acceptors (Lipinski definition) is 6. The van der Waals surface area contributed by atoms with Crippen molar-refractivity contribution in [2.24, 2.45) is 5.92 Å². The van der Waals surface area contributed by atoms with E-state index in [-0.39, 0.29) is 47.9 Å². The Labute approximate surface area is 277 Å². The summed E-state index contributed by atoms with van der Waals surface area (Å²) in [5.74, 6) is -0.692. The molecule has 0 radical (unpaired) electrons. The van der Waals surface area contributed by atoms with Gasteiger partial charge in [-0.15, -0.1) is 0 Å². The highest BCUT2D eigenvalue weighted by atomic mass is 35.5. The fourth-order valence-electron chi connectivity index (χ4n) is 6.58. The Morgan fingerprint density at radius 1 is 1.00 bits per heavy atom. The normalized spacial score (nSPS) is 21.4. The molecule has 1 aliphatic carbocycles. The maximum absolute atomic E-state index is 13.3. The third-order valence-corrected chi connectivity index (χ3v) is 10.2. The Bertz CT molecular complexity index is 1580. The number of aromatic amines is 1. The number of nitrogens with one attached hydrogen (secondary N) is 4. The van der Waals surface area contributed by atoms with Crippen molar-refractivity contribution >= 4 is 23.4 Å². The first kappa shape index (κ1) is 33.4. The molecule has 2 atom stereocenters. The van der Waals surface area contributed by atoms with Crippen LogP contribution in [0.4, 0.5) is 13.2 Å². The third-order valence-electron chi connectivity index (χ3n) is 9.93. The smallest absolute Gasteiger partial charge is 0.349 e. The summed E-state index contributed by atoms with van der Waals surface area (Å²) >= 11 is 6.60. The monoisotopic (exact) mass is 671 g/mol. The molecule has 1 saturated carbocycles. The van der Waals surface area contributed by atoms with E-state index in [1.807, 2.05) is 36.4 Å². The fraction of sp³-hybridized carbons (Fsp3) is 0.529. The predicted molar refractivity (Wildman–Crippen MR) is 173 cm³/mol. The summed E-state index contributed by atoms with van der Waals surface area (Å²) in [4.78, 5) is 32.3. The largest absolute Gasteiger partial charge is 0.401 e. The van der Waals surface area contributed by atoms with E-state index in [0.717, 1.165) is 69.6 Å². The van der Waals surface area contributed by atoms with E-state index < -0.39 is 11.6 Å². The van der Waals surface area contributed by atoms with Gasteiger partial charge in [-0.25, -0.2) is 4.98 Å². The Morgan fingerprint density at radius 2 is 1.68 bits per heavy atom. The minimum atomic E-state index is -4.50. The molecule has 1 aromatic heterocycles. The number of carbonyl (C=O) groups excluding carboxylic acids is 2. The molecule has 47 heavy (non-hydrogen) atoms. The second-order valence-corrected chi connectivity index (χ2v) is 13.9. The topological polar surface area (TPSA) is 115 Å². The number of H-pyrrole nitrogens is 1. The Kier molecular flexibility index (Phi) is 9.64. The van der Waals surface area contributed by atoms with Crippen LogP contribution in [-0.2, 0) is 16.8 Å². The lowest BCUT2D eigenvalue weighted by Gasteiger charge is -2.39. The molecule has 6 rings (SSSR count). The summed E-state index contributed by atoms with van der Waals surface area (Å²) < 4.78 is 39.8. The first-order chi connectivity index (χ1) is 22.4. The van der Waals surface area contributed by atoms with Gasteiger partial charge in [-0.3, -0.25) is 14.7 Å². The summed E-state index contributed by atoms with van der Waals surface area (Å²) in [6.45, 7) is 6.16. The van der Waals surface area contributed by atoms with Crippen molar-refractivity contribution < 1.29 is 22.8 Å². The zero-order valence-electron chi connectivity index (χ0n) is 26.6. The van der Waals surface area contributed by atoms with Crippen molar-refractivity contribution in [1.29, 1.82) is 0 Å². The molecule has 3 aromatic rings. The van der Waals surface area contributed by atoms with Crippen LogP contribution in [0.1, 0.15) is 79.4 Å². The van der Waals surface area contributed by atoms with Gasteiger partial charge in [0.2, 0.25) is 5.91 Å². The molecule has 2 aliphatic heterocycles. The number of carbonyl (C=O) groups is 2. The number of hydrogen-bond donors (Lipinski definition) is 4. The predicted octanol–water partition coefficient (Wildman–Crippen LogP) is 5.33. The van der Waals surface area contributed by atoms with Gasteiger partial charge in [0.25, 0.3) is 5.91 Å². The van der Waals surface area contributed by atoms with E-state index in [1.54, 1.807) is 6.07 Å². The molecule has 13 heteroatoms. The molecule has 2 aromatic carbocycles.